The van der Waals surface area contributed by atoms with Crippen molar-refractivity contribution in [1.29, 1.82) is 0 Å². The highest BCUT2D eigenvalue weighted by molar-refractivity contribution is 7.88. The number of hydrogen-bond acceptors (Lipinski definition) is 4. The van der Waals surface area contributed by atoms with Gasteiger partial charge in [0, 0.05) is 25.3 Å². The molecule has 1 aromatic heterocycles. The molecule has 8 heteroatoms. The molecule has 0 saturated carbocycles. The Kier molecular flexibility index (Phi) is 5.36. The quantitative estimate of drug-likeness (QED) is 0.859. The van der Waals surface area contributed by atoms with Gasteiger partial charge >= 0.3 is 6.03 Å². The van der Waals surface area contributed by atoms with E-state index in [1.165, 1.54) is 0 Å². The summed E-state index contributed by atoms with van der Waals surface area (Å²) < 4.78 is 25.2. The highest BCUT2D eigenvalue weighted by atomic mass is 32.2. The number of nitrogens with zero attached hydrogens (tertiary/aromatic N) is 2. The number of amides is 2. The van der Waals surface area contributed by atoms with Crippen molar-refractivity contribution in [3.8, 4) is 0 Å². The Morgan fingerprint density at radius 1 is 1.45 bits per heavy atom. The second-order valence-electron chi connectivity index (χ2n) is 5.60. The van der Waals surface area contributed by atoms with Gasteiger partial charge in [0.25, 0.3) is 0 Å². The van der Waals surface area contributed by atoms with Crippen LogP contribution in [0, 0.1) is 0 Å². The van der Waals surface area contributed by atoms with Crippen molar-refractivity contribution >= 4 is 16.1 Å². The number of rotatable bonds is 4. The third kappa shape index (κ3) is 4.96. The van der Waals surface area contributed by atoms with Gasteiger partial charge in [-0.25, -0.2) is 17.9 Å². The number of aromatic nitrogens is 1. The van der Waals surface area contributed by atoms with Crippen LogP contribution in [-0.2, 0) is 10.0 Å². The van der Waals surface area contributed by atoms with Gasteiger partial charge in [0.2, 0.25) is 10.0 Å². The van der Waals surface area contributed by atoms with Crippen molar-refractivity contribution in [2.24, 2.45) is 0 Å². The molecule has 2 rings (SSSR count). The lowest BCUT2D eigenvalue weighted by Crippen LogP contribution is -2.52. The summed E-state index contributed by atoms with van der Waals surface area (Å²) in [5.74, 6) is 0. The summed E-state index contributed by atoms with van der Waals surface area (Å²) in [5, 5.41) is 2.90. The zero-order valence-electron chi connectivity index (χ0n) is 12.8. The van der Waals surface area contributed by atoms with Crippen LogP contribution >= 0.6 is 0 Å². The molecular weight excluding hydrogens is 304 g/mol. The van der Waals surface area contributed by atoms with E-state index in [2.05, 4.69) is 15.0 Å². The number of carbonyl (C=O) groups is 1. The Bertz CT molecular complexity index is 606. The lowest BCUT2D eigenvalue weighted by Gasteiger charge is -2.33. The van der Waals surface area contributed by atoms with Gasteiger partial charge in [-0.15, -0.1) is 0 Å². The Balaban J connectivity index is 1.92. The smallest absolute Gasteiger partial charge is 0.317 e. The number of hydrogen-bond donors (Lipinski definition) is 2. The number of nitrogens with one attached hydrogen (secondary N) is 2. The summed E-state index contributed by atoms with van der Waals surface area (Å²) in [6, 6.07) is 4.94. The van der Waals surface area contributed by atoms with Gasteiger partial charge in [-0.05, 0) is 31.9 Å². The van der Waals surface area contributed by atoms with Crippen molar-refractivity contribution in [2.45, 2.75) is 31.8 Å². The van der Waals surface area contributed by atoms with Crippen LogP contribution in [0.1, 0.15) is 31.5 Å². The first-order valence-electron chi connectivity index (χ1n) is 7.29. The minimum atomic E-state index is -3.26. The van der Waals surface area contributed by atoms with E-state index >= 15 is 0 Å². The van der Waals surface area contributed by atoms with Crippen molar-refractivity contribution in [1.82, 2.24) is 19.9 Å². The summed E-state index contributed by atoms with van der Waals surface area (Å²) in [6.45, 7) is 2.88. The van der Waals surface area contributed by atoms with Crippen molar-refractivity contribution in [2.75, 3.05) is 19.3 Å². The van der Waals surface area contributed by atoms with Crippen LogP contribution < -0.4 is 10.0 Å². The minimum absolute atomic E-state index is 0.196. The Hall–Kier alpha value is -1.67. The normalized spacial score (nSPS) is 20.5. The maximum absolute atomic E-state index is 12.3. The van der Waals surface area contributed by atoms with Gasteiger partial charge < -0.3 is 10.2 Å². The number of urea groups is 1. The Morgan fingerprint density at radius 3 is 2.86 bits per heavy atom. The summed E-state index contributed by atoms with van der Waals surface area (Å²) >= 11 is 0. The highest BCUT2D eigenvalue weighted by Crippen LogP contribution is 2.13. The first-order valence-corrected chi connectivity index (χ1v) is 9.18. The summed E-state index contributed by atoms with van der Waals surface area (Å²) in [4.78, 5) is 18.2. The molecule has 122 valence electrons. The van der Waals surface area contributed by atoms with Crippen LogP contribution in [0.2, 0.25) is 0 Å². The van der Waals surface area contributed by atoms with Crippen LogP contribution in [0.3, 0.4) is 0 Å². The molecular formula is C14H22N4O3S. The fourth-order valence-corrected chi connectivity index (χ4v) is 3.34. The van der Waals surface area contributed by atoms with Crippen LogP contribution in [0.5, 0.6) is 0 Å². The average Bonchev–Trinajstić information content (AvgIpc) is 2.46. The molecule has 0 unspecified atom stereocenters. The van der Waals surface area contributed by atoms with E-state index in [0.29, 0.717) is 13.1 Å². The number of pyridine rings is 1. The van der Waals surface area contributed by atoms with E-state index in [1.807, 2.05) is 25.1 Å². The van der Waals surface area contributed by atoms with E-state index in [9.17, 15) is 13.2 Å². The maximum Gasteiger partial charge on any atom is 0.317 e. The molecule has 2 amide bonds. The lowest BCUT2D eigenvalue weighted by atomic mass is 10.1. The predicted molar refractivity (Wildman–Crippen MR) is 83.8 cm³/mol. The molecule has 0 spiro atoms. The third-order valence-corrected chi connectivity index (χ3v) is 4.32. The molecule has 2 heterocycles. The van der Waals surface area contributed by atoms with E-state index in [0.717, 1.165) is 24.8 Å². The number of piperidine rings is 1. The second-order valence-corrected chi connectivity index (χ2v) is 7.38. The Labute approximate surface area is 131 Å². The minimum Gasteiger partial charge on any atom is -0.330 e. The molecule has 1 saturated heterocycles. The summed E-state index contributed by atoms with van der Waals surface area (Å²) in [6.07, 6.45) is 4.34. The van der Waals surface area contributed by atoms with E-state index in [-0.39, 0.29) is 18.1 Å². The topological polar surface area (TPSA) is 91.4 Å². The molecule has 0 radical (unpaired) electrons. The second kappa shape index (κ2) is 7.06. The summed E-state index contributed by atoms with van der Waals surface area (Å²) in [5.41, 5.74) is 0.790. The van der Waals surface area contributed by atoms with Crippen molar-refractivity contribution in [3.05, 3.63) is 30.1 Å². The molecule has 1 aliphatic rings. The fraction of sp³-hybridized carbons (Fsp3) is 0.571. The summed E-state index contributed by atoms with van der Waals surface area (Å²) in [7, 11) is -3.26. The molecule has 1 aromatic rings. The largest absolute Gasteiger partial charge is 0.330 e. The van der Waals surface area contributed by atoms with Crippen LogP contribution in [-0.4, -0.2) is 49.7 Å². The van der Waals surface area contributed by atoms with Crippen molar-refractivity contribution < 1.29 is 13.2 Å². The predicted octanol–water partition coefficient (Wildman–Crippen LogP) is 0.866. The zero-order valence-corrected chi connectivity index (χ0v) is 13.6. The van der Waals surface area contributed by atoms with Gasteiger partial charge in [0.15, 0.2) is 0 Å². The molecule has 2 atom stereocenters. The molecule has 0 bridgehead atoms. The van der Waals surface area contributed by atoms with Crippen molar-refractivity contribution in [3.63, 3.8) is 0 Å². The first-order chi connectivity index (χ1) is 10.3. The SMILES string of the molecule is C[C@@H](NC(=O)N1CCC[C@H](NS(C)(=O)=O)C1)c1ccccn1. The molecule has 22 heavy (non-hydrogen) atoms. The average molecular weight is 326 g/mol. The molecule has 2 N–H and O–H groups in total. The molecule has 1 fully saturated rings. The van der Waals surface area contributed by atoms with Gasteiger partial charge in [0.1, 0.15) is 0 Å². The first kappa shape index (κ1) is 16.7. The third-order valence-electron chi connectivity index (χ3n) is 3.56. The van der Waals surface area contributed by atoms with Gasteiger partial charge in [0.05, 0.1) is 18.0 Å². The van der Waals surface area contributed by atoms with Crippen LogP contribution in [0.15, 0.2) is 24.4 Å². The lowest BCUT2D eigenvalue weighted by molar-refractivity contribution is 0.174. The van der Waals surface area contributed by atoms with Crippen LogP contribution in [0.4, 0.5) is 4.79 Å². The monoisotopic (exact) mass is 326 g/mol. The number of sulfonamides is 1. The zero-order chi connectivity index (χ0) is 16.2. The van der Waals surface area contributed by atoms with Crippen LogP contribution in [0.25, 0.3) is 0 Å². The maximum atomic E-state index is 12.3. The number of likely N-dealkylation sites (tertiary alicyclic amines) is 1. The Morgan fingerprint density at radius 2 is 2.23 bits per heavy atom. The molecule has 0 aliphatic carbocycles. The molecule has 0 aromatic carbocycles. The highest BCUT2D eigenvalue weighted by Gasteiger charge is 2.26. The molecule has 1 aliphatic heterocycles. The fourth-order valence-electron chi connectivity index (χ4n) is 2.54. The van der Waals surface area contributed by atoms with Gasteiger partial charge in [-0.2, -0.15) is 0 Å². The van der Waals surface area contributed by atoms with Gasteiger partial charge in [-0.3, -0.25) is 4.98 Å². The van der Waals surface area contributed by atoms with Gasteiger partial charge in [-0.1, -0.05) is 6.07 Å². The van der Waals surface area contributed by atoms with E-state index < -0.39 is 10.0 Å². The van der Waals surface area contributed by atoms with E-state index in [4.69, 9.17) is 0 Å². The standard InChI is InChI=1S/C14H22N4O3S/c1-11(13-7-3-4-8-15-13)16-14(19)18-9-5-6-12(10-18)17-22(2,20)21/h3-4,7-8,11-12,17H,5-6,9-10H2,1-2H3,(H,16,19)/t11-,12+/m1/s1. The number of carbonyl (C=O) groups excluding carboxylic acids is 1. The van der Waals surface area contributed by atoms with E-state index in [1.54, 1.807) is 11.1 Å². The molecule has 7 nitrogen and oxygen atoms in total.